The van der Waals surface area contributed by atoms with Crippen molar-refractivity contribution in [1.82, 2.24) is 0 Å². The van der Waals surface area contributed by atoms with Crippen LogP contribution in [0.4, 0.5) is 17.1 Å². The molecule has 0 amide bonds. The van der Waals surface area contributed by atoms with E-state index in [9.17, 15) is 0 Å². The third kappa shape index (κ3) is 1.99. The lowest BCUT2D eigenvalue weighted by atomic mass is 10.2. The Morgan fingerprint density at radius 2 is 2.23 bits per heavy atom. The SMILES string of the molecule is C=Nc1cc(N)ccc1N(C)CC. The van der Waals surface area contributed by atoms with Gasteiger partial charge in [0.2, 0.25) is 0 Å². The number of benzene rings is 1. The fourth-order valence-corrected chi connectivity index (χ4v) is 1.16. The molecule has 0 aliphatic heterocycles. The van der Waals surface area contributed by atoms with Gasteiger partial charge in [-0.3, -0.25) is 4.99 Å². The van der Waals surface area contributed by atoms with Crippen molar-refractivity contribution in [2.24, 2.45) is 4.99 Å². The molecule has 0 aliphatic carbocycles. The fourth-order valence-electron chi connectivity index (χ4n) is 1.16. The summed E-state index contributed by atoms with van der Waals surface area (Å²) in [7, 11) is 2.01. The Morgan fingerprint density at radius 3 is 2.77 bits per heavy atom. The molecular formula is C10H15N3. The second-order valence-corrected chi connectivity index (χ2v) is 2.92. The van der Waals surface area contributed by atoms with Crippen molar-refractivity contribution in [2.75, 3.05) is 24.2 Å². The summed E-state index contributed by atoms with van der Waals surface area (Å²) in [6.45, 7) is 6.54. The van der Waals surface area contributed by atoms with Crippen LogP contribution in [0.1, 0.15) is 6.92 Å². The largest absolute Gasteiger partial charge is 0.399 e. The van der Waals surface area contributed by atoms with E-state index < -0.39 is 0 Å². The lowest BCUT2D eigenvalue weighted by Crippen LogP contribution is -2.15. The summed E-state index contributed by atoms with van der Waals surface area (Å²) in [6, 6.07) is 5.66. The summed E-state index contributed by atoms with van der Waals surface area (Å²) in [4.78, 5) is 6.03. The van der Waals surface area contributed by atoms with Gasteiger partial charge in [-0.2, -0.15) is 0 Å². The Bertz CT molecular complexity index is 307. The van der Waals surface area contributed by atoms with Crippen LogP contribution in [0.25, 0.3) is 0 Å². The Morgan fingerprint density at radius 1 is 1.54 bits per heavy atom. The molecule has 13 heavy (non-hydrogen) atoms. The van der Waals surface area contributed by atoms with Crippen molar-refractivity contribution in [3.8, 4) is 0 Å². The highest BCUT2D eigenvalue weighted by Crippen LogP contribution is 2.29. The average molecular weight is 177 g/mol. The van der Waals surface area contributed by atoms with Gasteiger partial charge in [-0.1, -0.05) is 0 Å². The Labute approximate surface area is 78.9 Å². The van der Waals surface area contributed by atoms with E-state index in [1.165, 1.54) is 0 Å². The van der Waals surface area contributed by atoms with Crippen molar-refractivity contribution in [1.29, 1.82) is 0 Å². The lowest BCUT2D eigenvalue weighted by molar-refractivity contribution is 0.968. The third-order valence-electron chi connectivity index (χ3n) is 2.06. The van der Waals surface area contributed by atoms with Gasteiger partial charge in [0, 0.05) is 19.3 Å². The molecule has 70 valence electrons. The quantitative estimate of drug-likeness (QED) is 0.567. The van der Waals surface area contributed by atoms with E-state index in [0.29, 0.717) is 0 Å². The second kappa shape index (κ2) is 3.94. The lowest BCUT2D eigenvalue weighted by Gasteiger charge is -2.18. The molecule has 0 bridgehead atoms. The molecule has 3 nitrogen and oxygen atoms in total. The number of hydrogen-bond acceptors (Lipinski definition) is 3. The summed E-state index contributed by atoms with van der Waals surface area (Å²) in [5.41, 5.74) is 8.26. The maximum Gasteiger partial charge on any atom is 0.0876 e. The Hall–Kier alpha value is -1.51. The molecule has 1 aromatic rings. The van der Waals surface area contributed by atoms with Crippen molar-refractivity contribution in [2.45, 2.75) is 6.92 Å². The van der Waals surface area contributed by atoms with Crippen LogP contribution in [0, 0.1) is 0 Å². The van der Waals surface area contributed by atoms with Gasteiger partial charge in [0.15, 0.2) is 0 Å². The number of anilines is 2. The summed E-state index contributed by atoms with van der Waals surface area (Å²) in [5.74, 6) is 0. The van der Waals surface area contributed by atoms with Gasteiger partial charge in [0.1, 0.15) is 0 Å². The maximum atomic E-state index is 5.64. The molecule has 0 aliphatic rings. The van der Waals surface area contributed by atoms with Gasteiger partial charge in [0.05, 0.1) is 11.4 Å². The Kier molecular flexibility index (Phi) is 2.90. The van der Waals surface area contributed by atoms with Gasteiger partial charge in [-0.25, -0.2) is 0 Å². The van der Waals surface area contributed by atoms with Crippen LogP contribution in [0.5, 0.6) is 0 Å². The van der Waals surface area contributed by atoms with Crippen LogP contribution in [-0.2, 0) is 0 Å². The molecule has 0 atom stereocenters. The molecule has 0 aromatic heterocycles. The minimum atomic E-state index is 0.718. The first-order valence-corrected chi connectivity index (χ1v) is 4.26. The fraction of sp³-hybridized carbons (Fsp3) is 0.300. The molecule has 2 N–H and O–H groups in total. The Balaban J connectivity index is 3.13. The summed E-state index contributed by atoms with van der Waals surface area (Å²) in [6.07, 6.45) is 0. The van der Waals surface area contributed by atoms with E-state index >= 15 is 0 Å². The molecular weight excluding hydrogens is 162 g/mol. The normalized spacial score (nSPS) is 9.69. The van der Waals surface area contributed by atoms with Gasteiger partial charge in [-0.15, -0.1) is 0 Å². The molecule has 0 unspecified atom stereocenters. The monoisotopic (exact) mass is 177 g/mol. The zero-order valence-corrected chi connectivity index (χ0v) is 8.12. The second-order valence-electron chi connectivity index (χ2n) is 2.92. The van der Waals surface area contributed by atoms with E-state index in [0.717, 1.165) is 23.6 Å². The first kappa shape index (κ1) is 9.58. The average Bonchev–Trinajstić information content (AvgIpc) is 2.16. The zero-order chi connectivity index (χ0) is 9.84. The van der Waals surface area contributed by atoms with Gasteiger partial charge < -0.3 is 10.6 Å². The molecule has 0 saturated heterocycles. The standard InChI is InChI=1S/C10H15N3/c1-4-13(3)10-6-5-8(11)7-9(10)12-2/h5-7H,2,4,11H2,1,3H3. The zero-order valence-electron chi connectivity index (χ0n) is 8.12. The van der Waals surface area contributed by atoms with Gasteiger partial charge in [-0.05, 0) is 31.8 Å². The minimum absolute atomic E-state index is 0.718. The highest BCUT2D eigenvalue weighted by Gasteiger charge is 2.04. The number of hydrogen-bond donors (Lipinski definition) is 1. The molecule has 0 fully saturated rings. The van der Waals surface area contributed by atoms with E-state index in [2.05, 4.69) is 23.5 Å². The van der Waals surface area contributed by atoms with Crippen molar-refractivity contribution in [3.63, 3.8) is 0 Å². The first-order valence-electron chi connectivity index (χ1n) is 4.26. The van der Waals surface area contributed by atoms with E-state index in [-0.39, 0.29) is 0 Å². The van der Waals surface area contributed by atoms with E-state index in [1.54, 1.807) is 0 Å². The smallest absolute Gasteiger partial charge is 0.0876 e. The van der Waals surface area contributed by atoms with Crippen molar-refractivity contribution in [3.05, 3.63) is 18.2 Å². The van der Waals surface area contributed by atoms with Crippen LogP contribution in [0.2, 0.25) is 0 Å². The van der Waals surface area contributed by atoms with Crippen LogP contribution >= 0.6 is 0 Å². The summed E-state index contributed by atoms with van der Waals surface area (Å²) in [5, 5.41) is 0. The molecule has 0 heterocycles. The minimum Gasteiger partial charge on any atom is -0.399 e. The number of rotatable bonds is 3. The molecule has 1 rings (SSSR count). The van der Waals surface area contributed by atoms with Crippen LogP contribution in [0.3, 0.4) is 0 Å². The first-order chi connectivity index (χ1) is 6.19. The van der Waals surface area contributed by atoms with Crippen molar-refractivity contribution >= 4 is 23.8 Å². The molecule has 3 heteroatoms. The van der Waals surface area contributed by atoms with Crippen LogP contribution < -0.4 is 10.6 Å². The van der Waals surface area contributed by atoms with Gasteiger partial charge in [0.25, 0.3) is 0 Å². The number of aliphatic imine (C=N–C) groups is 1. The summed E-state index contributed by atoms with van der Waals surface area (Å²) >= 11 is 0. The molecule has 1 aromatic carbocycles. The van der Waals surface area contributed by atoms with Crippen molar-refractivity contribution < 1.29 is 0 Å². The highest BCUT2D eigenvalue weighted by molar-refractivity contribution is 5.72. The number of nitrogens with two attached hydrogens (primary N) is 1. The molecule has 0 spiro atoms. The predicted octanol–water partition coefficient (Wildman–Crippen LogP) is 2.06. The molecule has 0 radical (unpaired) electrons. The maximum absolute atomic E-state index is 5.64. The van der Waals surface area contributed by atoms with Gasteiger partial charge >= 0.3 is 0 Å². The van der Waals surface area contributed by atoms with E-state index in [1.807, 2.05) is 25.2 Å². The van der Waals surface area contributed by atoms with E-state index in [4.69, 9.17) is 5.73 Å². The van der Waals surface area contributed by atoms with Crippen LogP contribution in [-0.4, -0.2) is 20.3 Å². The topological polar surface area (TPSA) is 41.6 Å². The number of nitrogens with zero attached hydrogens (tertiary/aromatic N) is 2. The van der Waals surface area contributed by atoms with Crippen LogP contribution in [0.15, 0.2) is 23.2 Å². The summed E-state index contributed by atoms with van der Waals surface area (Å²) < 4.78 is 0. The third-order valence-corrected chi connectivity index (χ3v) is 2.06. The predicted molar refractivity (Wildman–Crippen MR) is 59.0 cm³/mol. The highest BCUT2D eigenvalue weighted by atomic mass is 15.1. The molecule has 0 saturated carbocycles. The number of nitrogen functional groups attached to an aromatic ring is 1.